The minimum absolute atomic E-state index is 0.705. The summed E-state index contributed by atoms with van der Waals surface area (Å²) in [5, 5.41) is 2.51. The minimum atomic E-state index is 0.705. The summed E-state index contributed by atoms with van der Waals surface area (Å²) in [5.41, 5.74) is 10.5. The van der Waals surface area contributed by atoms with Gasteiger partial charge in [-0.2, -0.15) is 0 Å². The van der Waals surface area contributed by atoms with Crippen LogP contribution < -0.4 is 0 Å². The molecular weight excluding hydrogens is 524 g/mol. The summed E-state index contributed by atoms with van der Waals surface area (Å²) in [5.74, 6) is 0.705. The van der Waals surface area contributed by atoms with Crippen LogP contribution in [0.4, 0.5) is 0 Å². The molecule has 0 bridgehead atoms. The van der Waals surface area contributed by atoms with Crippen molar-refractivity contribution < 1.29 is 0 Å². The predicted octanol–water partition coefficient (Wildman–Crippen LogP) is 9.64. The summed E-state index contributed by atoms with van der Waals surface area (Å²) in [7, 11) is 0. The third-order valence-corrected chi connectivity index (χ3v) is 7.94. The highest BCUT2D eigenvalue weighted by Gasteiger charge is 2.14. The molecule has 0 unspecified atom stereocenters. The van der Waals surface area contributed by atoms with Crippen molar-refractivity contribution in [3.05, 3.63) is 158 Å². The lowest BCUT2D eigenvalue weighted by Gasteiger charge is -2.12. The van der Waals surface area contributed by atoms with Gasteiger partial charge in [-0.1, -0.05) is 109 Å². The summed E-state index contributed by atoms with van der Waals surface area (Å²) in [6.45, 7) is 0. The lowest BCUT2D eigenvalue weighted by Crippen LogP contribution is -1.97. The third kappa shape index (κ3) is 4.55. The quantitative estimate of drug-likeness (QED) is 0.214. The summed E-state index contributed by atoms with van der Waals surface area (Å²) < 4.78 is 2.33. The first-order chi connectivity index (χ1) is 21.3. The van der Waals surface area contributed by atoms with Crippen molar-refractivity contribution in [3.63, 3.8) is 0 Å². The summed E-state index contributed by atoms with van der Waals surface area (Å²) in [4.78, 5) is 14.3. The molecule has 3 aromatic heterocycles. The zero-order chi connectivity index (χ0) is 28.6. The Hall–Kier alpha value is -5.87. The minimum Gasteiger partial charge on any atom is -0.309 e. The molecule has 0 N–H and O–H groups in total. The second-order valence-corrected chi connectivity index (χ2v) is 10.6. The second-order valence-electron chi connectivity index (χ2n) is 10.6. The van der Waals surface area contributed by atoms with Gasteiger partial charge in [0.25, 0.3) is 0 Å². The van der Waals surface area contributed by atoms with Crippen LogP contribution in [-0.2, 0) is 0 Å². The van der Waals surface area contributed by atoms with Gasteiger partial charge in [-0.05, 0) is 47.5 Å². The van der Waals surface area contributed by atoms with E-state index < -0.39 is 0 Å². The highest BCUT2D eigenvalue weighted by Crippen LogP contribution is 2.33. The number of hydrogen-bond acceptors (Lipinski definition) is 3. The van der Waals surface area contributed by atoms with E-state index in [4.69, 9.17) is 9.97 Å². The maximum atomic E-state index is 5.03. The molecule has 0 radical (unpaired) electrons. The van der Waals surface area contributed by atoms with Gasteiger partial charge in [0.2, 0.25) is 0 Å². The highest BCUT2D eigenvalue weighted by molar-refractivity contribution is 6.09. The topological polar surface area (TPSA) is 43.6 Å². The van der Waals surface area contributed by atoms with E-state index in [1.807, 2.05) is 30.5 Å². The van der Waals surface area contributed by atoms with Crippen molar-refractivity contribution in [3.8, 4) is 50.7 Å². The molecule has 202 valence electrons. The van der Waals surface area contributed by atoms with Crippen LogP contribution in [0, 0.1) is 0 Å². The normalized spacial score (nSPS) is 11.3. The van der Waals surface area contributed by atoms with Gasteiger partial charge in [0, 0.05) is 45.5 Å². The molecule has 0 aliphatic rings. The lowest BCUT2D eigenvalue weighted by atomic mass is 10.0. The molecule has 4 heteroatoms. The van der Waals surface area contributed by atoms with Crippen LogP contribution in [-0.4, -0.2) is 19.5 Å². The van der Waals surface area contributed by atoms with Gasteiger partial charge >= 0.3 is 0 Å². The molecule has 5 aromatic carbocycles. The molecule has 0 saturated carbocycles. The summed E-state index contributed by atoms with van der Waals surface area (Å²) >= 11 is 0. The predicted molar refractivity (Wildman–Crippen MR) is 176 cm³/mol. The van der Waals surface area contributed by atoms with Crippen LogP contribution in [0.5, 0.6) is 0 Å². The Labute approximate surface area is 249 Å². The van der Waals surface area contributed by atoms with Gasteiger partial charge in [-0.3, -0.25) is 4.98 Å². The molecule has 43 heavy (non-hydrogen) atoms. The molecule has 0 aliphatic heterocycles. The molecule has 3 heterocycles. The van der Waals surface area contributed by atoms with Gasteiger partial charge in [0.05, 0.1) is 22.4 Å². The fraction of sp³-hybridized carbons (Fsp3) is 0. The van der Waals surface area contributed by atoms with Crippen molar-refractivity contribution in [1.29, 1.82) is 0 Å². The van der Waals surface area contributed by atoms with Crippen LogP contribution in [0.15, 0.2) is 158 Å². The average molecular weight is 551 g/mol. The second kappa shape index (κ2) is 10.5. The number of benzene rings is 5. The van der Waals surface area contributed by atoms with Gasteiger partial charge in [0.15, 0.2) is 5.82 Å². The van der Waals surface area contributed by atoms with E-state index in [-0.39, 0.29) is 0 Å². The molecule has 0 saturated heterocycles. The van der Waals surface area contributed by atoms with Gasteiger partial charge < -0.3 is 4.57 Å². The molecule has 0 fully saturated rings. The van der Waals surface area contributed by atoms with E-state index in [0.717, 1.165) is 44.9 Å². The highest BCUT2D eigenvalue weighted by atomic mass is 15.0. The Morgan fingerprint density at radius 2 is 0.953 bits per heavy atom. The standard InChI is InChI=1S/C39H26N4/c1-2-9-30(10-3-1)39-41-35(28-18-16-27(17-19-28)31-11-8-24-40-26-31)25-36(42-39)29-20-22-32(23-21-29)43-37-14-6-4-12-33(37)34-13-5-7-15-38(34)43/h1-26H. The number of hydrogen-bond donors (Lipinski definition) is 0. The first-order valence-electron chi connectivity index (χ1n) is 14.4. The number of rotatable bonds is 5. The SMILES string of the molecule is c1ccc(-c2nc(-c3ccc(-c4cccnc4)cc3)cc(-c3ccc(-n4c5ccccc5c5ccccc54)cc3)n2)cc1. The van der Waals surface area contributed by atoms with Crippen molar-refractivity contribution in [2.75, 3.05) is 0 Å². The molecule has 0 spiro atoms. The number of pyridine rings is 1. The monoisotopic (exact) mass is 550 g/mol. The molecular formula is C39H26N4. The Balaban J connectivity index is 1.22. The van der Waals surface area contributed by atoms with Crippen LogP contribution in [0.1, 0.15) is 0 Å². The zero-order valence-electron chi connectivity index (χ0n) is 23.3. The largest absolute Gasteiger partial charge is 0.309 e. The Kier molecular flexibility index (Phi) is 6.08. The number of para-hydroxylation sites is 2. The van der Waals surface area contributed by atoms with Crippen molar-refractivity contribution in [2.45, 2.75) is 0 Å². The van der Waals surface area contributed by atoms with E-state index in [1.165, 1.54) is 21.8 Å². The van der Waals surface area contributed by atoms with Crippen molar-refractivity contribution in [1.82, 2.24) is 19.5 Å². The Morgan fingerprint density at radius 1 is 0.419 bits per heavy atom. The lowest BCUT2D eigenvalue weighted by molar-refractivity contribution is 1.17. The van der Waals surface area contributed by atoms with E-state index in [0.29, 0.717) is 5.82 Å². The molecule has 0 aliphatic carbocycles. The third-order valence-electron chi connectivity index (χ3n) is 7.94. The number of nitrogens with zero attached hydrogens (tertiary/aromatic N) is 4. The van der Waals surface area contributed by atoms with Crippen molar-refractivity contribution >= 4 is 21.8 Å². The van der Waals surface area contributed by atoms with E-state index >= 15 is 0 Å². The summed E-state index contributed by atoms with van der Waals surface area (Å²) in [6, 6.07) is 50.6. The van der Waals surface area contributed by atoms with Crippen LogP contribution in [0.2, 0.25) is 0 Å². The molecule has 0 atom stereocenters. The zero-order valence-corrected chi connectivity index (χ0v) is 23.3. The summed E-state index contributed by atoms with van der Waals surface area (Å²) in [6.07, 6.45) is 3.68. The van der Waals surface area contributed by atoms with Gasteiger partial charge in [-0.15, -0.1) is 0 Å². The molecule has 4 nitrogen and oxygen atoms in total. The number of aromatic nitrogens is 4. The Bertz CT molecular complexity index is 2150. The van der Waals surface area contributed by atoms with Crippen LogP contribution >= 0.6 is 0 Å². The van der Waals surface area contributed by atoms with Crippen LogP contribution in [0.3, 0.4) is 0 Å². The molecule has 8 rings (SSSR count). The van der Waals surface area contributed by atoms with E-state index in [9.17, 15) is 0 Å². The maximum Gasteiger partial charge on any atom is 0.160 e. The fourth-order valence-corrected chi connectivity index (χ4v) is 5.81. The van der Waals surface area contributed by atoms with Gasteiger partial charge in [-0.25, -0.2) is 9.97 Å². The van der Waals surface area contributed by atoms with Gasteiger partial charge in [0.1, 0.15) is 0 Å². The fourth-order valence-electron chi connectivity index (χ4n) is 5.81. The maximum absolute atomic E-state index is 5.03. The van der Waals surface area contributed by atoms with Crippen LogP contribution in [0.25, 0.3) is 72.5 Å². The first kappa shape index (κ1) is 24.9. The number of fused-ring (bicyclic) bond motifs is 3. The Morgan fingerprint density at radius 3 is 1.56 bits per heavy atom. The molecule has 8 aromatic rings. The van der Waals surface area contributed by atoms with E-state index in [2.05, 4.69) is 131 Å². The smallest absolute Gasteiger partial charge is 0.160 e. The average Bonchev–Trinajstić information content (AvgIpc) is 3.43. The first-order valence-corrected chi connectivity index (χ1v) is 14.4. The van der Waals surface area contributed by atoms with Crippen molar-refractivity contribution in [2.24, 2.45) is 0 Å². The van der Waals surface area contributed by atoms with E-state index in [1.54, 1.807) is 6.20 Å². The molecule has 0 amide bonds.